The Morgan fingerprint density at radius 1 is 1.23 bits per heavy atom. The van der Waals surface area contributed by atoms with E-state index < -0.39 is 5.97 Å². The van der Waals surface area contributed by atoms with Crippen LogP contribution in [0, 0.1) is 0 Å². The van der Waals surface area contributed by atoms with E-state index in [1.807, 2.05) is 0 Å². The highest BCUT2D eigenvalue weighted by molar-refractivity contribution is 5.96. The summed E-state index contributed by atoms with van der Waals surface area (Å²) < 4.78 is 5.61. The number of nitrogens with zero attached hydrogens (tertiary/aromatic N) is 1. The van der Waals surface area contributed by atoms with Gasteiger partial charge in [0.05, 0.1) is 6.61 Å². The van der Waals surface area contributed by atoms with Crippen molar-refractivity contribution in [1.29, 1.82) is 0 Å². The van der Waals surface area contributed by atoms with Crippen molar-refractivity contribution < 1.29 is 19.4 Å². The Hall–Kier alpha value is -2.04. The van der Waals surface area contributed by atoms with Gasteiger partial charge >= 0.3 is 5.97 Å². The summed E-state index contributed by atoms with van der Waals surface area (Å²) in [6.45, 7) is 2.58. The van der Waals surface area contributed by atoms with Crippen molar-refractivity contribution >= 4 is 11.9 Å². The summed E-state index contributed by atoms with van der Waals surface area (Å²) in [5.41, 5.74) is 0.508. The van der Waals surface area contributed by atoms with Crippen molar-refractivity contribution in [2.24, 2.45) is 0 Å². The molecule has 0 bridgehead atoms. The van der Waals surface area contributed by atoms with Gasteiger partial charge in [-0.05, 0) is 43.5 Å². The molecule has 1 aliphatic rings. The Morgan fingerprint density at radius 2 is 1.91 bits per heavy atom. The molecule has 0 radical (unpaired) electrons. The first-order valence-electron chi connectivity index (χ1n) is 7.87. The Bertz CT molecular complexity index is 508. The molecule has 0 saturated heterocycles. The molecule has 1 fully saturated rings. The third-order valence-corrected chi connectivity index (χ3v) is 3.67. The minimum absolute atomic E-state index is 0.0774. The lowest BCUT2D eigenvalue weighted by atomic mass is 10.2. The van der Waals surface area contributed by atoms with Gasteiger partial charge in [0, 0.05) is 11.6 Å². The zero-order valence-electron chi connectivity index (χ0n) is 13.0. The monoisotopic (exact) mass is 305 g/mol. The van der Waals surface area contributed by atoms with E-state index in [0.29, 0.717) is 12.2 Å². The second-order valence-corrected chi connectivity index (χ2v) is 5.64. The quantitative estimate of drug-likeness (QED) is 0.712. The third-order valence-electron chi connectivity index (χ3n) is 3.67. The maximum Gasteiger partial charge on any atom is 0.323 e. The number of carboxylic acid groups (broad SMARTS) is 1. The highest BCUT2D eigenvalue weighted by Gasteiger charge is 2.34. The van der Waals surface area contributed by atoms with Crippen LogP contribution < -0.4 is 4.74 Å². The van der Waals surface area contributed by atoms with Gasteiger partial charge < -0.3 is 14.7 Å². The number of rotatable bonds is 9. The number of aliphatic carboxylic acids is 1. The van der Waals surface area contributed by atoms with E-state index in [-0.39, 0.29) is 18.5 Å². The minimum atomic E-state index is -0.976. The summed E-state index contributed by atoms with van der Waals surface area (Å²) in [5, 5.41) is 8.93. The molecule has 0 atom stereocenters. The van der Waals surface area contributed by atoms with Crippen LogP contribution in [-0.4, -0.2) is 41.1 Å². The van der Waals surface area contributed by atoms with Gasteiger partial charge in [-0.25, -0.2) is 0 Å². The Kier molecular flexibility index (Phi) is 5.81. The Labute approximate surface area is 130 Å². The predicted molar refractivity (Wildman–Crippen MR) is 83.2 cm³/mol. The molecule has 0 heterocycles. The minimum Gasteiger partial charge on any atom is -0.494 e. The normalized spacial score (nSPS) is 13.7. The first-order valence-corrected chi connectivity index (χ1v) is 7.87. The van der Waals surface area contributed by atoms with Gasteiger partial charge in [-0.1, -0.05) is 19.8 Å². The van der Waals surface area contributed by atoms with Crippen LogP contribution in [0.1, 0.15) is 49.4 Å². The second kappa shape index (κ2) is 7.82. The standard InChI is InChI=1S/C17H23NO4/c1-2-3-4-11-22-15-9-5-13(6-10-15)17(21)18(12-16(19)20)14-7-8-14/h5-6,9-10,14H,2-4,7-8,11-12H2,1H3,(H,19,20). The first kappa shape index (κ1) is 16.3. The molecule has 1 aromatic carbocycles. The van der Waals surface area contributed by atoms with E-state index in [9.17, 15) is 9.59 Å². The fourth-order valence-corrected chi connectivity index (χ4v) is 2.30. The summed E-state index contributed by atoms with van der Waals surface area (Å²) >= 11 is 0. The van der Waals surface area contributed by atoms with Crippen molar-refractivity contribution in [3.8, 4) is 5.75 Å². The molecule has 2 rings (SSSR count). The third kappa shape index (κ3) is 4.76. The fraction of sp³-hybridized carbons (Fsp3) is 0.529. The largest absolute Gasteiger partial charge is 0.494 e. The van der Waals surface area contributed by atoms with Crippen LogP contribution in [0.4, 0.5) is 0 Å². The topological polar surface area (TPSA) is 66.8 Å². The van der Waals surface area contributed by atoms with Crippen LogP contribution in [0.3, 0.4) is 0 Å². The van der Waals surface area contributed by atoms with Crippen LogP contribution in [0.25, 0.3) is 0 Å². The number of carboxylic acids is 1. The molecule has 0 aromatic heterocycles. The maximum atomic E-state index is 12.4. The molecule has 5 nitrogen and oxygen atoms in total. The van der Waals surface area contributed by atoms with Gasteiger partial charge in [0.15, 0.2) is 0 Å². The molecule has 0 unspecified atom stereocenters. The van der Waals surface area contributed by atoms with E-state index in [4.69, 9.17) is 9.84 Å². The molecule has 0 spiro atoms. The highest BCUT2D eigenvalue weighted by Crippen LogP contribution is 2.28. The van der Waals surface area contributed by atoms with E-state index in [1.54, 1.807) is 24.3 Å². The number of unbranched alkanes of at least 4 members (excludes halogenated alkanes) is 2. The number of amides is 1. The summed E-state index contributed by atoms with van der Waals surface area (Å²) in [6, 6.07) is 7.02. The molecule has 5 heteroatoms. The van der Waals surface area contributed by atoms with Gasteiger partial charge in [-0.15, -0.1) is 0 Å². The van der Waals surface area contributed by atoms with E-state index in [0.717, 1.165) is 37.9 Å². The average Bonchev–Trinajstić information content (AvgIpc) is 3.34. The lowest BCUT2D eigenvalue weighted by Crippen LogP contribution is -2.37. The molecule has 22 heavy (non-hydrogen) atoms. The maximum absolute atomic E-state index is 12.4. The van der Waals surface area contributed by atoms with E-state index in [1.165, 1.54) is 4.90 Å². The van der Waals surface area contributed by atoms with Gasteiger partial charge in [0.25, 0.3) is 5.91 Å². The average molecular weight is 305 g/mol. The fourth-order valence-electron chi connectivity index (χ4n) is 2.30. The summed E-state index contributed by atoms with van der Waals surface area (Å²) in [4.78, 5) is 24.7. The van der Waals surface area contributed by atoms with E-state index in [2.05, 4.69) is 6.92 Å². The van der Waals surface area contributed by atoms with Crippen molar-refractivity contribution in [2.45, 2.75) is 45.1 Å². The lowest BCUT2D eigenvalue weighted by molar-refractivity contribution is -0.137. The predicted octanol–water partition coefficient (Wildman–Crippen LogP) is 2.94. The van der Waals surface area contributed by atoms with Crippen molar-refractivity contribution in [3.05, 3.63) is 29.8 Å². The van der Waals surface area contributed by atoms with Crippen molar-refractivity contribution in [1.82, 2.24) is 4.90 Å². The van der Waals surface area contributed by atoms with E-state index >= 15 is 0 Å². The number of hydrogen-bond acceptors (Lipinski definition) is 3. The van der Waals surface area contributed by atoms with Gasteiger partial charge in [-0.3, -0.25) is 9.59 Å². The SMILES string of the molecule is CCCCCOc1ccc(C(=O)N(CC(=O)O)C2CC2)cc1. The Morgan fingerprint density at radius 3 is 2.45 bits per heavy atom. The molecule has 1 aliphatic carbocycles. The van der Waals surface area contributed by atoms with Crippen LogP contribution >= 0.6 is 0 Å². The molecule has 1 saturated carbocycles. The number of benzene rings is 1. The number of hydrogen-bond donors (Lipinski definition) is 1. The zero-order chi connectivity index (χ0) is 15.9. The van der Waals surface area contributed by atoms with Crippen molar-refractivity contribution in [2.75, 3.05) is 13.2 Å². The number of ether oxygens (including phenoxy) is 1. The lowest BCUT2D eigenvalue weighted by Gasteiger charge is -2.20. The van der Waals surface area contributed by atoms with Crippen LogP contribution in [0.15, 0.2) is 24.3 Å². The Balaban J connectivity index is 1.93. The van der Waals surface area contributed by atoms with Gasteiger partial charge in [0.1, 0.15) is 12.3 Å². The van der Waals surface area contributed by atoms with Crippen LogP contribution in [0.5, 0.6) is 5.75 Å². The van der Waals surface area contributed by atoms with Crippen molar-refractivity contribution in [3.63, 3.8) is 0 Å². The summed E-state index contributed by atoms with van der Waals surface area (Å²) in [5.74, 6) is -0.456. The smallest absolute Gasteiger partial charge is 0.323 e. The molecule has 1 amide bonds. The summed E-state index contributed by atoms with van der Waals surface area (Å²) in [6.07, 6.45) is 5.08. The highest BCUT2D eigenvalue weighted by atomic mass is 16.5. The van der Waals surface area contributed by atoms with Gasteiger partial charge in [0.2, 0.25) is 0 Å². The van der Waals surface area contributed by atoms with Crippen LogP contribution in [-0.2, 0) is 4.79 Å². The number of carbonyl (C=O) groups is 2. The zero-order valence-corrected chi connectivity index (χ0v) is 13.0. The van der Waals surface area contributed by atoms with Gasteiger partial charge in [-0.2, -0.15) is 0 Å². The second-order valence-electron chi connectivity index (χ2n) is 5.64. The molecule has 1 aromatic rings. The summed E-state index contributed by atoms with van der Waals surface area (Å²) in [7, 11) is 0. The molecular formula is C17H23NO4. The van der Waals surface area contributed by atoms with Crippen LogP contribution in [0.2, 0.25) is 0 Å². The molecule has 1 N–H and O–H groups in total. The molecule has 0 aliphatic heterocycles. The first-order chi connectivity index (χ1) is 10.6. The molecular weight excluding hydrogens is 282 g/mol. The number of carbonyl (C=O) groups excluding carboxylic acids is 1. The molecule has 120 valence electrons.